The van der Waals surface area contributed by atoms with E-state index in [2.05, 4.69) is 15.9 Å². The highest BCUT2D eigenvalue weighted by molar-refractivity contribution is 9.09. The molecule has 4 heteroatoms. The van der Waals surface area contributed by atoms with Gasteiger partial charge in [0.05, 0.1) is 0 Å². The molecule has 0 amide bonds. The van der Waals surface area contributed by atoms with Gasteiger partial charge in [-0.2, -0.15) is 13.2 Å². The fraction of sp³-hybridized carbons (Fsp3) is 1.00. The van der Waals surface area contributed by atoms with Crippen molar-refractivity contribution in [2.24, 2.45) is 5.92 Å². The molecule has 0 N–H and O–H groups in total. The quantitative estimate of drug-likeness (QED) is 0.577. The first-order valence-corrected chi connectivity index (χ1v) is 3.48. The Bertz CT molecular complexity index is 86.7. The molecule has 0 rings (SSSR count). The first-order valence-electron chi connectivity index (χ1n) is 2.56. The van der Waals surface area contributed by atoms with Gasteiger partial charge in [-0.1, -0.05) is 29.8 Å². The maximum atomic E-state index is 11.7. The molecule has 0 aromatic rings. The van der Waals surface area contributed by atoms with Crippen molar-refractivity contribution >= 4 is 15.9 Å². The highest BCUT2D eigenvalue weighted by Crippen LogP contribution is 2.31. The monoisotopic (exact) mass is 204 g/mol. The maximum Gasteiger partial charge on any atom is 0.401 e. The molecule has 0 radical (unpaired) electrons. The van der Waals surface area contributed by atoms with Gasteiger partial charge in [0, 0.05) is 0 Å². The SMILES string of the molecule is CC(C)[C@@H](Br)C(F)(F)F. The summed E-state index contributed by atoms with van der Waals surface area (Å²) in [7, 11) is 0. The summed E-state index contributed by atoms with van der Waals surface area (Å²) in [6.45, 7) is 3.04. The van der Waals surface area contributed by atoms with E-state index in [4.69, 9.17) is 0 Å². The van der Waals surface area contributed by atoms with E-state index in [1.54, 1.807) is 0 Å². The van der Waals surface area contributed by atoms with E-state index in [1.807, 2.05) is 0 Å². The molecule has 0 aliphatic heterocycles. The molecule has 0 nitrogen and oxygen atoms in total. The van der Waals surface area contributed by atoms with Crippen LogP contribution in [0.25, 0.3) is 0 Å². The Balaban J connectivity index is 3.88. The molecule has 0 aromatic heterocycles. The predicted molar refractivity (Wildman–Crippen MR) is 33.6 cm³/mol. The highest BCUT2D eigenvalue weighted by Gasteiger charge is 2.39. The molecule has 0 saturated heterocycles. The average molecular weight is 205 g/mol. The van der Waals surface area contributed by atoms with Gasteiger partial charge in [-0.15, -0.1) is 0 Å². The first-order chi connectivity index (χ1) is 3.85. The van der Waals surface area contributed by atoms with Gasteiger partial charge < -0.3 is 0 Å². The van der Waals surface area contributed by atoms with Gasteiger partial charge >= 0.3 is 6.18 Å². The van der Waals surface area contributed by atoms with Crippen molar-refractivity contribution < 1.29 is 13.2 Å². The van der Waals surface area contributed by atoms with Crippen LogP contribution < -0.4 is 0 Å². The summed E-state index contributed by atoms with van der Waals surface area (Å²) in [5, 5.41) is 0. The molecule has 0 bridgehead atoms. The van der Waals surface area contributed by atoms with Crippen molar-refractivity contribution in [3.05, 3.63) is 0 Å². The van der Waals surface area contributed by atoms with Crippen LogP contribution in [0.3, 0.4) is 0 Å². The summed E-state index contributed by atoms with van der Waals surface area (Å²) in [4.78, 5) is -1.37. The van der Waals surface area contributed by atoms with Gasteiger partial charge in [-0.25, -0.2) is 0 Å². The highest BCUT2D eigenvalue weighted by atomic mass is 79.9. The fourth-order valence-electron chi connectivity index (χ4n) is 0.378. The second-order valence-corrected chi connectivity index (χ2v) is 3.17. The second kappa shape index (κ2) is 2.90. The third-order valence-corrected chi connectivity index (χ3v) is 2.47. The lowest BCUT2D eigenvalue weighted by atomic mass is 10.1. The van der Waals surface area contributed by atoms with E-state index < -0.39 is 16.9 Å². The minimum atomic E-state index is -4.10. The number of hydrogen-bond donors (Lipinski definition) is 0. The van der Waals surface area contributed by atoms with Crippen molar-refractivity contribution in [1.82, 2.24) is 0 Å². The summed E-state index contributed by atoms with van der Waals surface area (Å²) in [6.07, 6.45) is -4.10. The predicted octanol–water partition coefficient (Wildman–Crippen LogP) is 2.97. The van der Waals surface area contributed by atoms with E-state index in [1.165, 1.54) is 13.8 Å². The van der Waals surface area contributed by atoms with Gasteiger partial charge in [-0.05, 0) is 5.92 Å². The van der Waals surface area contributed by atoms with Crippen LogP contribution in [-0.2, 0) is 0 Å². The van der Waals surface area contributed by atoms with Crippen LogP contribution in [0.1, 0.15) is 13.8 Å². The third kappa shape index (κ3) is 3.08. The molecular weight excluding hydrogens is 197 g/mol. The zero-order valence-electron chi connectivity index (χ0n) is 5.17. The van der Waals surface area contributed by atoms with Crippen molar-refractivity contribution in [2.45, 2.75) is 24.9 Å². The Morgan fingerprint density at radius 1 is 1.22 bits per heavy atom. The van der Waals surface area contributed by atoms with E-state index in [9.17, 15) is 13.2 Å². The average Bonchev–Trinajstić information content (AvgIpc) is 1.62. The van der Waals surface area contributed by atoms with Crippen LogP contribution in [0.2, 0.25) is 0 Å². The van der Waals surface area contributed by atoms with Gasteiger partial charge in [0.1, 0.15) is 4.83 Å². The minimum Gasteiger partial charge on any atom is -0.170 e. The summed E-state index contributed by atoms with van der Waals surface area (Å²) in [5.74, 6) is -0.398. The molecule has 0 aromatic carbocycles. The summed E-state index contributed by atoms with van der Waals surface area (Å²) in [6, 6.07) is 0. The maximum absolute atomic E-state index is 11.7. The second-order valence-electron chi connectivity index (χ2n) is 2.19. The molecule has 0 aliphatic carbocycles. The zero-order valence-corrected chi connectivity index (χ0v) is 6.75. The Hall–Kier alpha value is 0.270. The van der Waals surface area contributed by atoms with E-state index >= 15 is 0 Å². The van der Waals surface area contributed by atoms with Crippen LogP contribution in [-0.4, -0.2) is 11.0 Å². The van der Waals surface area contributed by atoms with Gasteiger partial charge in [-0.3, -0.25) is 0 Å². The number of hydrogen-bond acceptors (Lipinski definition) is 0. The molecule has 0 saturated carbocycles. The first kappa shape index (κ1) is 9.27. The molecular formula is C5H8BrF3. The van der Waals surface area contributed by atoms with Crippen LogP contribution in [0.15, 0.2) is 0 Å². The molecule has 1 atom stereocenters. The molecule has 0 unspecified atom stereocenters. The number of alkyl halides is 4. The standard InChI is InChI=1S/C5H8BrF3/c1-3(2)4(6)5(7,8)9/h3-4H,1-2H3/t4-/m1/s1. The van der Waals surface area contributed by atoms with Crippen LogP contribution in [0.4, 0.5) is 13.2 Å². The van der Waals surface area contributed by atoms with Crippen LogP contribution >= 0.6 is 15.9 Å². The number of rotatable bonds is 1. The molecule has 0 spiro atoms. The van der Waals surface area contributed by atoms with Crippen LogP contribution in [0.5, 0.6) is 0 Å². The van der Waals surface area contributed by atoms with E-state index in [0.717, 1.165) is 0 Å². The molecule has 0 aliphatic rings. The lowest BCUT2D eigenvalue weighted by Crippen LogP contribution is -2.27. The Morgan fingerprint density at radius 3 is 1.56 bits per heavy atom. The van der Waals surface area contributed by atoms with Crippen molar-refractivity contribution in [1.29, 1.82) is 0 Å². The molecule has 56 valence electrons. The largest absolute Gasteiger partial charge is 0.401 e. The smallest absolute Gasteiger partial charge is 0.170 e. The lowest BCUT2D eigenvalue weighted by molar-refractivity contribution is -0.134. The summed E-state index contributed by atoms with van der Waals surface area (Å²) < 4.78 is 35.0. The molecule has 0 heterocycles. The van der Waals surface area contributed by atoms with Crippen molar-refractivity contribution in [3.8, 4) is 0 Å². The topological polar surface area (TPSA) is 0 Å². The Labute approximate surface area is 60.6 Å². The Morgan fingerprint density at radius 2 is 1.56 bits per heavy atom. The fourth-order valence-corrected chi connectivity index (χ4v) is 0.378. The summed E-state index contributed by atoms with van der Waals surface area (Å²) >= 11 is 2.54. The van der Waals surface area contributed by atoms with Gasteiger partial charge in [0.25, 0.3) is 0 Å². The normalized spacial score (nSPS) is 16.3. The number of halogens is 4. The van der Waals surface area contributed by atoms with Gasteiger partial charge in [0.15, 0.2) is 0 Å². The lowest BCUT2D eigenvalue weighted by Gasteiger charge is -2.16. The minimum absolute atomic E-state index is 0.398. The third-order valence-electron chi connectivity index (χ3n) is 0.898. The summed E-state index contributed by atoms with van der Waals surface area (Å²) in [5.41, 5.74) is 0. The van der Waals surface area contributed by atoms with Crippen molar-refractivity contribution in [3.63, 3.8) is 0 Å². The van der Waals surface area contributed by atoms with Gasteiger partial charge in [0.2, 0.25) is 0 Å². The Kier molecular flexibility index (Phi) is 2.99. The van der Waals surface area contributed by atoms with Crippen LogP contribution in [0, 0.1) is 5.92 Å². The van der Waals surface area contributed by atoms with E-state index in [0.29, 0.717) is 0 Å². The molecule has 9 heavy (non-hydrogen) atoms. The molecule has 0 fully saturated rings. The van der Waals surface area contributed by atoms with Crippen molar-refractivity contribution in [2.75, 3.05) is 0 Å². The van der Waals surface area contributed by atoms with E-state index in [-0.39, 0.29) is 0 Å². The zero-order chi connectivity index (χ0) is 7.65.